The van der Waals surface area contributed by atoms with E-state index in [1.807, 2.05) is 0 Å². The van der Waals surface area contributed by atoms with Gasteiger partial charge in [-0.25, -0.2) is 0 Å². The van der Waals surface area contributed by atoms with Gasteiger partial charge in [-0.05, 0) is 12.5 Å². The van der Waals surface area contributed by atoms with E-state index < -0.39 is 0 Å². The Labute approximate surface area is 71.7 Å². The fourth-order valence-electron chi connectivity index (χ4n) is 1.32. The third kappa shape index (κ3) is 1.16. The quantitative estimate of drug-likeness (QED) is 0.577. The Balaban J connectivity index is 2.58. The van der Waals surface area contributed by atoms with Crippen LogP contribution in [0.2, 0.25) is 0 Å². The molecular weight excluding hydrogens is 148 g/mol. The summed E-state index contributed by atoms with van der Waals surface area (Å²) < 4.78 is 0. The Morgan fingerprint density at radius 2 is 2.08 bits per heavy atom. The highest BCUT2D eigenvalue weighted by atomic mass is 14.8. The number of hydrogen-bond donors (Lipinski definition) is 0. The number of aromatic nitrogens is 2. The molecule has 0 saturated carbocycles. The number of allylic oxidation sites excluding steroid dienone is 4. The van der Waals surface area contributed by atoms with Crippen molar-refractivity contribution >= 4 is 5.57 Å². The standard InChI is InChI=1S/C10H10N2/c1-8-4-2-3-5-9-10(8)12-7-6-11-9/h2-4,6-7H,5H2,1H3. The lowest BCUT2D eigenvalue weighted by atomic mass is 10.1. The van der Waals surface area contributed by atoms with Crippen LogP contribution >= 0.6 is 0 Å². The van der Waals surface area contributed by atoms with Gasteiger partial charge >= 0.3 is 0 Å². The summed E-state index contributed by atoms with van der Waals surface area (Å²) in [6.07, 6.45) is 10.6. The minimum Gasteiger partial charge on any atom is -0.257 e. The maximum atomic E-state index is 4.29. The minimum absolute atomic E-state index is 0.886. The van der Waals surface area contributed by atoms with E-state index >= 15 is 0 Å². The molecule has 1 aliphatic rings. The Kier molecular flexibility index (Phi) is 1.74. The molecule has 0 unspecified atom stereocenters. The van der Waals surface area contributed by atoms with Crippen LogP contribution in [-0.4, -0.2) is 9.97 Å². The van der Waals surface area contributed by atoms with Gasteiger partial charge in [-0.1, -0.05) is 18.2 Å². The topological polar surface area (TPSA) is 25.8 Å². The molecule has 60 valence electrons. The first-order valence-corrected chi connectivity index (χ1v) is 4.01. The second-order valence-electron chi connectivity index (χ2n) is 2.83. The molecule has 2 nitrogen and oxygen atoms in total. The molecule has 0 aliphatic heterocycles. The van der Waals surface area contributed by atoms with E-state index in [1.165, 1.54) is 5.57 Å². The van der Waals surface area contributed by atoms with Gasteiger partial charge in [0.05, 0.1) is 11.4 Å². The maximum absolute atomic E-state index is 4.29. The Bertz CT molecular complexity index is 351. The lowest BCUT2D eigenvalue weighted by Gasteiger charge is -2.02. The molecule has 0 bridgehead atoms. The monoisotopic (exact) mass is 158 g/mol. The zero-order valence-corrected chi connectivity index (χ0v) is 6.99. The van der Waals surface area contributed by atoms with Crippen molar-refractivity contribution in [1.82, 2.24) is 9.97 Å². The molecule has 1 heterocycles. The molecule has 1 aliphatic carbocycles. The molecule has 0 amide bonds. The van der Waals surface area contributed by atoms with Crippen LogP contribution in [0.1, 0.15) is 18.3 Å². The summed E-state index contributed by atoms with van der Waals surface area (Å²) in [7, 11) is 0. The highest BCUT2D eigenvalue weighted by molar-refractivity contribution is 5.64. The van der Waals surface area contributed by atoms with Gasteiger partial charge in [-0.3, -0.25) is 9.97 Å². The summed E-state index contributed by atoms with van der Waals surface area (Å²) in [5.41, 5.74) is 3.29. The summed E-state index contributed by atoms with van der Waals surface area (Å²) in [5, 5.41) is 0. The van der Waals surface area contributed by atoms with Gasteiger partial charge in [0.15, 0.2) is 0 Å². The third-order valence-corrected chi connectivity index (χ3v) is 1.94. The molecule has 0 atom stereocenters. The van der Waals surface area contributed by atoms with Crippen molar-refractivity contribution < 1.29 is 0 Å². The highest BCUT2D eigenvalue weighted by Crippen LogP contribution is 2.17. The average Bonchev–Trinajstić information content (AvgIpc) is 2.29. The Morgan fingerprint density at radius 3 is 3.00 bits per heavy atom. The third-order valence-electron chi connectivity index (χ3n) is 1.94. The van der Waals surface area contributed by atoms with Crippen molar-refractivity contribution in [3.8, 4) is 0 Å². The van der Waals surface area contributed by atoms with E-state index in [0.29, 0.717) is 0 Å². The van der Waals surface area contributed by atoms with Crippen LogP contribution in [0.15, 0.2) is 30.6 Å². The van der Waals surface area contributed by atoms with Gasteiger partial charge in [-0.2, -0.15) is 0 Å². The lowest BCUT2D eigenvalue weighted by Crippen LogP contribution is -1.96. The normalized spacial score (nSPS) is 14.9. The van der Waals surface area contributed by atoms with Crippen molar-refractivity contribution in [3.05, 3.63) is 42.0 Å². The van der Waals surface area contributed by atoms with Crippen molar-refractivity contribution in [1.29, 1.82) is 0 Å². The first-order chi connectivity index (χ1) is 5.88. The molecule has 0 fully saturated rings. The van der Waals surface area contributed by atoms with E-state index in [0.717, 1.165) is 17.8 Å². The Hall–Kier alpha value is -1.44. The molecule has 0 spiro atoms. The molecule has 2 heteroatoms. The molecule has 0 aromatic carbocycles. The van der Waals surface area contributed by atoms with Crippen molar-refractivity contribution in [2.24, 2.45) is 0 Å². The number of rotatable bonds is 0. The van der Waals surface area contributed by atoms with Crippen LogP contribution in [0.3, 0.4) is 0 Å². The van der Waals surface area contributed by atoms with Gasteiger partial charge in [0.1, 0.15) is 0 Å². The van der Waals surface area contributed by atoms with Crippen LogP contribution in [0.25, 0.3) is 5.57 Å². The Morgan fingerprint density at radius 1 is 1.25 bits per heavy atom. The van der Waals surface area contributed by atoms with Gasteiger partial charge in [0, 0.05) is 18.8 Å². The van der Waals surface area contributed by atoms with E-state index in [4.69, 9.17) is 0 Å². The van der Waals surface area contributed by atoms with Crippen LogP contribution in [0.4, 0.5) is 0 Å². The van der Waals surface area contributed by atoms with E-state index in [2.05, 4.69) is 35.1 Å². The van der Waals surface area contributed by atoms with E-state index in [-0.39, 0.29) is 0 Å². The van der Waals surface area contributed by atoms with Crippen molar-refractivity contribution in [2.75, 3.05) is 0 Å². The first-order valence-electron chi connectivity index (χ1n) is 4.01. The molecular formula is C10H10N2. The van der Waals surface area contributed by atoms with Gasteiger partial charge in [-0.15, -0.1) is 0 Å². The van der Waals surface area contributed by atoms with Gasteiger partial charge in [0.2, 0.25) is 0 Å². The average molecular weight is 158 g/mol. The van der Waals surface area contributed by atoms with Crippen LogP contribution in [0, 0.1) is 0 Å². The minimum atomic E-state index is 0.886. The molecule has 1 aromatic rings. The number of hydrogen-bond acceptors (Lipinski definition) is 2. The van der Waals surface area contributed by atoms with Crippen molar-refractivity contribution in [2.45, 2.75) is 13.3 Å². The van der Waals surface area contributed by atoms with Crippen LogP contribution in [0.5, 0.6) is 0 Å². The van der Waals surface area contributed by atoms with Gasteiger partial charge in [0.25, 0.3) is 0 Å². The molecule has 2 rings (SSSR count). The summed E-state index contributed by atoms with van der Waals surface area (Å²) in [5.74, 6) is 0. The second-order valence-corrected chi connectivity index (χ2v) is 2.83. The zero-order valence-electron chi connectivity index (χ0n) is 6.99. The van der Waals surface area contributed by atoms with Gasteiger partial charge < -0.3 is 0 Å². The number of nitrogens with zero attached hydrogens (tertiary/aromatic N) is 2. The first kappa shape index (κ1) is 7.22. The lowest BCUT2D eigenvalue weighted by molar-refractivity contribution is 1.04. The summed E-state index contributed by atoms with van der Waals surface area (Å²) >= 11 is 0. The zero-order chi connectivity index (χ0) is 8.39. The molecule has 0 radical (unpaired) electrons. The SMILES string of the molecule is CC1=CC=CCc2nccnc21. The predicted molar refractivity (Wildman–Crippen MR) is 48.5 cm³/mol. The molecule has 0 N–H and O–H groups in total. The van der Waals surface area contributed by atoms with Crippen LogP contribution < -0.4 is 0 Å². The fourth-order valence-corrected chi connectivity index (χ4v) is 1.32. The van der Waals surface area contributed by atoms with Crippen LogP contribution in [-0.2, 0) is 6.42 Å². The summed E-state index contributed by atoms with van der Waals surface area (Å²) in [6.45, 7) is 2.06. The molecule has 0 saturated heterocycles. The highest BCUT2D eigenvalue weighted by Gasteiger charge is 2.06. The molecule has 1 aromatic heterocycles. The van der Waals surface area contributed by atoms with E-state index in [9.17, 15) is 0 Å². The predicted octanol–water partition coefficient (Wildman–Crippen LogP) is 1.99. The summed E-state index contributed by atoms with van der Waals surface area (Å²) in [6, 6.07) is 0. The molecule has 12 heavy (non-hydrogen) atoms. The maximum Gasteiger partial charge on any atom is 0.0877 e. The largest absolute Gasteiger partial charge is 0.257 e. The van der Waals surface area contributed by atoms with Crippen molar-refractivity contribution in [3.63, 3.8) is 0 Å². The number of fused-ring (bicyclic) bond motifs is 1. The van der Waals surface area contributed by atoms with E-state index in [1.54, 1.807) is 12.4 Å². The smallest absolute Gasteiger partial charge is 0.0877 e. The second kappa shape index (κ2) is 2.89. The fraction of sp³-hybridized carbons (Fsp3) is 0.200. The summed E-state index contributed by atoms with van der Waals surface area (Å²) in [4.78, 5) is 8.56.